The largest absolute Gasteiger partial charge is 0.342 e. The number of nitrogens with zero attached hydrogens (tertiary/aromatic N) is 4. The monoisotopic (exact) mass is 424 g/mol. The summed E-state index contributed by atoms with van der Waals surface area (Å²) in [5.41, 5.74) is 2.35. The molecule has 5 nitrogen and oxygen atoms in total. The predicted molar refractivity (Wildman–Crippen MR) is 117 cm³/mol. The minimum atomic E-state index is -0.353. The lowest BCUT2D eigenvalue weighted by Crippen LogP contribution is -2.38. The standard InChI is InChI=1S/C23H25FN4OS/c1-16-7-9-18(10-8-16)28-22(19-5-3-4-6-20(19)24)25-26-23(28)30-15-21(29)27-13-11-17(2)12-14-27/h3-10,17H,11-15H2,1-2H3. The lowest BCUT2D eigenvalue weighted by molar-refractivity contribution is -0.129. The number of piperidine rings is 1. The summed E-state index contributed by atoms with van der Waals surface area (Å²) in [6.07, 6.45) is 2.10. The minimum absolute atomic E-state index is 0.109. The maximum absolute atomic E-state index is 14.5. The molecule has 156 valence electrons. The number of benzene rings is 2. The van der Waals surface area contributed by atoms with Gasteiger partial charge in [0.25, 0.3) is 0 Å². The molecule has 1 aliphatic heterocycles. The molecule has 0 spiro atoms. The van der Waals surface area contributed by atoms with Crippen molar-refractivity contribution in [2.24, 2.45) is 5.92 Å². The number of rotatable bonds is 5. The third-order valence-electron chi connectivity index (χ3n) is 5.50. The summed E-state index contributed by atoms with van der Waals surface area (Å²) in [6, 6.07) is 14.4. The first-order valence-corrected chi connectivity index (χ1v) is 11.2. The molecule has 4 rings (SSSR count). The van der Waals surface area contributed by atoms with Crippen LogP contribution >= 0.6 is 11.8 Å². The van der Waals surface area contributed by atoms with Gasteiger partial charge >= 0.3 is 0 Å². The highest BCUT2D eigenvalue weighted by Gasteiger charge is 2.23. The normalized spacial score (nSPS) is 14.8. The minimum Gasteiger partial charge on any atom is -0.342 e. The van der Waals surface area contributed by atoms with E-state index in [0.717, 1.165) is 37.2 Å². The third-order valence-corrected chi connectivity index (χ3v) is 6.42. The molecule has 30 heavy (non-hydrogen) atoms. The molecule has 0 atom stereocenters. The maximum atomic E-state index is 14.5. The van der Waals surface area contributed by atoms with Gasteiger partial charge in [-0.25, -0.2) is 4.39 Å². The van der Waals surface area contributed by atoms with E-state index < -0.39 is 0 Å². The Bertz CT molecular complexity index is 1030. The van der Waals surface area contributed by atoms with Crippen LogP contribution in [-0.4, -0.2) is 44.4 Å². The number of hydrogen-bond donors (Lipinski definition) is 0. The highest BCUT2D eigenvalue weighted by atomic mass is 32.2. The number of aromatic nitrogens is 3. The van der Waals surface area contributed by atoms with E-state index in [9.17, 15) is 9.18 Å². The molecule has 1 fully saturated rings. The zero-order valence-electron chi connectivity index (χ0n) is 17.2. The van der Waals surface area contributed by atoms with Crippen LogP contribution in [0.5, 0.6) is 0 Å². The second-order valence-electron chi connectivity index (χ2n) is 7.81. The number of aryl methyl sites for hydroxylation is 1. The van der Waals surface area contributed by atoms with Crippen LogP contribution in [0.2, 0.25) is 0 Å². The zero-order chi connectivity index (χ0) is 21.1. The highest BCUT2D eigenvalue weighted by Crippen LogP contribution is 2.30. The van der Waals surface area contributed by atoms with E-state index >= 15 is 0 Å². The summed E-state index contributed by atoms with van der Waals surface area (Å²) in [5, 5.41) is 9.15. The molecule has 0 unspecified atom stereocenters. The Balaban J connectivity index is 1.62. The van der Waals surface area contributed by atoms with Gasteiger partial charge in [-0.1, -0.05) is 48.5 Å². The molecule has 2 aromatic carbocycles. The molecule has 1 amide bonds. The van der Waals surface area contributed by atoms with E-state index in [2.05, 4.69) is 17.1 Å². The summed E-state index contributed by atoms with van der Waals surface area (Å²) in [4.78, 5) is 14.6. The predicted octanol–water partition coefficient (Wildman–Crippen LogP) is 4.73. The van der Waals surface area contributed by atoms with Crippen molar-refractivity contribution in [3.8, 4) is 17.1 Å². The van der Waals surface area contributed by atoms with E-state index in [1.165, 1.54) is 17.8 Å². The molecular weight excluding hydrogens is 399 g/mol. The van der Waals surface area contributed by atoms with Crippen molar-refractivity contribution in [3.05, 3.63) is 59.9 Å². The molecule has 0 bridgehead atoms. The summed E-state index contributed by atoms with van der Waals surface area (Å²) in [5.74, 6) is 1.15. The van der Waals surface area contributed by atoms with Crippen LogP contribution in [0.3, 0.4) is 0 Å². The first-order valence-electron chi connectivity index (χ1n) is 10.2. The van der Waals surface area contributed by atoms with Crippen molar-refractivity contribution in [1.29, 1.82) is 0 Å². The van der Waals surface area contributed by atoms with Crippen LogP contribution in [0.25, 0.3) is 17.1 Å². The molecule has 2 heterocycles. The van der Waals surface area contributed by atoms with Gasteiger partial charge in [-0.3, -0.25) is 9.36 Å². The Labute approximate surface area is 180 Å². The molecule has 1 aliphatic rings. The first-order chi connectivity index (χ1) is 14.5. The van der Waals surface area contributed by atoms with Crippen LogP contribution in [0.15, 0.2) is 53.7 Å². The van der Waals surface area contributed by atoms with Gasteiger partial charge in [0.05, 0.1) is 11.3 Å². The summed E-state index contributed by atoms with van der Waals surface area (Å²) in [6.45, 7) is 5.86. The molecule has 0 N–H and O–H groups in total. The quantitative estimate of drug-likeness (QED) is 0.556. The summed E-state index contributed by atoms with van der Waals surface area (Å²) >= 11 is 1.35. The fourth-order valence-electron chi connectivity index (χ4n) is 3.58. The molecule has 7 heteroatoms. The van der Waals surface area contributed by atoms with E-state index in [4.69, 9.17) is 0 Å². The smallest absolute Gasteiger partial charge is 0.233 e. The van der Waals surface area contributed by atoms with Gasteiger partial charge in [-0.2, -0.15) is 0 Å². The van der Waals surface area contributed by atoms with Gasteiger partial charge in [-0.15, -0.1) is 10.2 Å². The molecule has 1 aromatic heterocycles. The number of carbonyl (C=O) groups is 1. The second-order valence-corrected chi connectivity index (χ2v) is 8.75. The van der Waals surface area contributed by atoms with Crippen LogP contribution in [0.1, 0.15) is 25.3 Å². The van der Waals surface area contributed by atoms with Crippen molar-refractivity contribution >= 4 is 17.7 Å². The number of thioether (sulfide) groups is 1. The van der Waals surface area contributed by atoms with E-state index in [1.54, 1.807) is 18.2 Å². The van der Waals surface area contributed by atoms with Crippen molar-refractivity contribution in [2.45, 2.75) is 31.8 Å². The Hall–Kier alpha value is -2.67. The van der Waals surface area contributed by atoms with Crippen molar-refractivity contribution in [1.82, 2.24) is 19.7 Å². The zero-order valence-corrected chi connectivity index (χ0v) is 18.0. The van der Waals surface area contributed by atoms with Gasteiger partial charge in [0, 0.05) is 18.8 Å². The van der Waals surface area contributed by atoms with Crippen LogP contribution in [-0.2, 0) is 4.79 Å². The second kappa shape index (κ2) is 9.00. The Morgan fingerprint density at radius 3 is 2.50 bits per heavy atom. The Morgan fingerprint density at radius 1 is 1.10 bits per heavy atom. The Kier molecular flexibility index (Phi) is 6.18. The van der Waals surface area contributed by atoms with Crippen molar-refractivity contribution < 1.29 is 9.18 Å². The number of likely N-dealkylation sites (tertiary alicyclic amines) is 1. The molecule has 0 radical (unpaired) electrons. The van der Waals surface area contributed by atoms with Crippen molar-refractivity contribution in [2.75, 3.05) is 18.8 Å². The Morgan fingerprint density at radius 2 is 1.80 bits per heavy atom. The van der Waals surface area contributed by atoms with Gasteiger partial charge in [-0.05, 0) is 49.9 Å². The maximum Gasteiger partial charge on any atom is 0.233 e. The fraction of sp³-hybridized carbons (Fsp3) is 0.348. The SMILES string of the molecule is Cc1ccc(-n2c(SCC(=O)N3CCC(C)CC3)nnc2-c2ccccc2F)cc1. The lowest BCUT2D eigenvalue weighted by Gasteiger charge is -2.30. The third kappa shape index (κ3) is 4.41. The van der Waals surface area contributed by atoms with Gasteiger partial charge in [0.2, 0.25) is 5.91 Å². The summed E-state index contributed by atoms with van der Waals surface area (Å²) < 4.78 is 16.3. The lowest BCUT2D eigenvalue weighted by atomic mass is 9.99. The van der Waals surface area contributed by atoms with Crippen LogP contribution in [0.4, 0.5) is 4.39 Å². The molecule has 1 saturated heterocycles. The number of carbonyl (C=O) groups excluding carboxylic acids is 1. The highest BCUT2D eigenvalue weighted by molar-refractivity contribution is 7.99. The first kappa shape index (κ1) is 20.6. The number of amides is 1. The molecule has 3 aromatic rings. The molecule has 0 aliphatic carbocycles. The van der Waals surface area contributed by atoms with Crippen LogP contribution < -0.4 is 0 Å². The van der Waals surface area contributed by atoms with E-state index in [1.807, 2.05) is 40.7 Å². The van der Waals surface area contributed by atoms with Gasteiger partial charge < -0.3 is 4.90 Å². The van der Waals surface area contributed by atoms with Gasteiger partial charge in [0.15, 0.2) is 11.0 Å². The van der Waals surface area contributed by atoms with E-state index in [-0.39, 0.29) is 17.5 Å². The fourth-order valence-corrected chi connectivity index (χ4v) is 4.44. The number of halogens is 1. The van der Waals surface area contributed by atoms with Gasteiger partial charge in [0.1, 0.15) is 5.82 Å². The van der Waals surface area contributed by atoms with E-state index in [0.29, 0.717) is 22.5 Å². The van der Waals surface area contributed by atoms with Crippen molar-refractivity contribution in [3.63, 3.8) is 0 Å². The van der Waals surface area contributed by atoms with Crippen LogP contribution in [0, 0.1) is 18.7 Å². The summed E-state index contributed by atoms with van der Waals surface area (Å²) in [7, 11) is 0. The molecular formula is C23H25FN4OS. The average Bonchev–Trinajstić information content (AvgIpc) is 3.17. The average molecular weight is 425 g/mol. The molecule has 0 saturated carbocycles. The number of hydrogen-bond acceptors (Lipinski definition) is 4. The topological polar surface area (TPSA) is 51.0 Å².